The summed E-state index contributed by atoms with van der Waals surface area (Å²) in [5.41, 5.74) is 0.699. The first-order chi connectivity index (χ1) is 15.9. The molecule has 1 spiro atoms. The molecular formula is C25H28N2O6. The van der Waals surface area contributed by atoms with Gasteiger partial charge < -0.3 is 19.5 Å². The van der Waals surface area contributed by atoms with Gasteiger partial charge in [0, 0.05) is 6.54 Å². The van der Waals surface area contributed by atoms with Gasteiger partial charge in [-0.25, -0.2) is 9.59 Å². The van der Waals surface area contributed by atoms with Crippen molar-refractivity contribution in [1.29, 1.82) is 0 Å². The van der Waals surface area contributed by atoms with Crippen molar-refractivity contribution < 1.29 is 29.0 Å². The fraction of sp³-hybridized carbons (Fsp3) is 0.400. The maximum atomic E-state index is 13.3. The molecule has 0 bridgehead atoms. The number of carbonyl (C=O) groups is 3. The fourth-order valence-electron chi connectivity index (χ4n) is 4.65. The molecule has 3 atom stereocenters. The number of likely N-dealkylation sites (tertiary alicyclic amines) is 2. The molecule has 2 saturated heterocycles. The van der Waals surface area contributed by atoms with E-state index >= 15 is 0 Å². The van der Waals surface area contributed by atoms with Crippen LogP contribution in [0, 0.1) is 0 Å². The first-order valence-electron chi connectivity index (χ1n) is 11.1. The Bertz CT molecular complexity index is 998. The number of esters is 1. The van der Waals surface area contributed by atoms with Gasteiger partial charge >= 0.3 is 12.1 Å². The van der Waals surface area contributed by atoms with Gasteiger partial charge in [0.25, 0.3) is 5.91 Å². The molecule has 8 nitrogen and oxygen atoms in total. The highest BCUT2D eigenvalue weighted by Crippen LogP contribution is 2.40. The monoisotopic (exact) mass is 452 g/mol. The van der Waals surface area contributed by atoms with E-state index in [-0.39, 0.29) is 25.7 Å². The van der Waals surface area contributed by atoms with Crippen molar-refractivity contribution in [2.75, 3.05) is 13.1 Å². The molecule has 2 aliphatic rings. The van der Waals surface area contributed by atoms with Gasteiger partial charge in [0.2, 0.25) is 0 Å². The van der Waals surface area contributed by atoms with Crippen LogP contribution >= 0.6 is 0 Å². The number of rotatable bonds is 8. The molecule has 2 unspecified atom stereocenters. The van der Waals surface area contributed by atoms with Gasteiger partial charge in [-0.2, -0.15) is 0 Å². The lowest BCUT2D eigenvalue weighted by Gasteiger charge is -2.53. The summed E-state index contributed by atoms with van der Waals surface area (Å²) in [6.45, 7) is 2.56. The highest BCUT2D eigenvalue weighted by Gasteiger charge is 2.62. The van der Waals surface area contributed by atoms with E-state index in [0.717, 1.165) is 11.1 Å². The van der Waals surface area contributed by atoms with Crippen LogP contribution < -0.4 is 0 Å². The average Bonchev–Trinajstić information content (AvgIpc) is 3.29. The molecule has 1 N–H and O–H groups in total. The van der Waals surface area contributed by atoms with E-state index in [4.69, 9.17) is 9.47 Å². The molecule has 0 radical (unpaired) electrons. The summed E-state index contributed by atoms with van der Waals surface area (Å²) in [5, 5.41) is 9.53. The lowest BCUT2D eigenvalue weighted by molar-refractivity contribution is -0.181. The van der Waals surface area contributed by atoms with Crippen LogP contribution in [-0.2, 0) is 32.3 Å². The summed E-state index contributed by atoms with van der Waals surface area (Å²) >= 11 is 0. The molecule has 0 saturated carbocycles. The van der Waals surface area contributed by atoms with Gasteiger partial charge in [-0.3, -0.25) is 9.69 Å². The number of hydrogen-bond acceptors (Lipinski definition) is 5. The van der Waals surface area contributed by atoms with Crippen LogP contribution in [-0.4, -0.2) is 63.7 Å². The third-order valence-electron chi connectivity index (χ3n) is 6.41. The smallest absolute Gasteiger partial charge is 0.408 e. The predicted molar refractivity (Wildman–Crippen MR) is 119 cm³/mol. The Morgan fingerprint density at radius 1 is 1.03 bits per heavy atom. The first-order valence-corrected chi connectivity index (χ1v) is 11.1. The van der Waals surface area contributed by atoms with Crippen molar-refractivity contribution in [2.45, 2.75) is 50.7 Å². The molecule has 2 aliphatic heterocycles. The Hall–Kier alpha value is -3.39. The molecule has 8 heteroatoms. The standard InChI is InChI=1S/C25H28N2O6/c1-18(32-15-19-9-4-2-5-10-19)21(22(28)33-16-20-11-6-3-7-12-20)26-17-25(23(26)29)13-8-14-27(25)24(30)31/h2-7,9-12,18,21H,8,13-17H2,1H3,(H,30,31)/t18?,21?,25-/m0/s1. The third kappa shape index (κ3) is 4.57. The van der Waals surface area contributed by atoms with E-state index < -0.39 is 29.7 Å². The molecule has 174 valence electrons. The van der Waals surface area contributed by atoms with Crippen molar-refractivity contribution in [2.24, 2.45) is 0 Å². The number of nitrogens with zero attached hydrogens (tertiary/aromatic N) is 2. The zero-order valence-corrected chi connectivity index (χ0v) is 18.6. The maximum Gasteiger partial charge on any atom is 0.408 e. The zero-order chi connectivity index (χ0) is 23.4. The molecular weight excluding hydrogens is 424 g/mol. The van der Waals surface area contributed by atoms with E-state index in [1.807, 2.05) is 60.7 Å². The van der Waals surface area contributed by atoms with Gasteiger partial charge in [-0.05, 0) is 30.9 Å². The van der Waals surface area contributed by atoms with Gasteiger partial charge in [-0.1, -0.05) is 60.7 Å². The highest BCUT2D eigenvalue weighted by molar-refractivity contribution is 5.99. The first kappa shape index (κ1) is 22.8. The largest absolute Gasteiger partial charge is 0.465 e. The van der Waals surface area contributed by atoms with Crippen molar-refractivity contribution in [3.05, 3.63) is 71.8 Å². The highest BCUT2D eigenvalue weighted by atomic mass is 16.5. The number of amides is 2. The van der Waals surface area contributed by atoms with Crippen LogP contribution in [0.25, 0.3) is 0 Å². The molecule has 2 fully saturated rings. The van der Waals surface area contributed by atoms with Crippen LogP contribution in [0.2, 0.25) is 0 Å². The summed E-state index contributed by atoms with van der Waals surface area (Å²) in [5.74, 6) is -0.929. The quantitative estimate of drug-likeness (QED) is 0.489. The topological polar surface area (TPSA) is 96.4 Å². The van der Waals surface area contributed by atoms with Gasteiger partial charge in [0.05, 0.1) is 19.3 Å². The second-order valence-corrected chi connectivity index (χ2v) is 8.54. The van der Waals surface area contributed by atoms with Gasteiger partial charge in [0.1, 0.15) is 12.1 Å². The van der Waals surface area contributed by atoms with E-state index in [1.54, 1.807) is 6.92 Å². The van der Waals surface area contributed by atoms with Crippen LogP contribution in [0.4, 0.5) is 4.79 Å². The van der Waals surface area contributed by atoms with Crippen molar-refractivity contribution in [1.82, 2.24) is 9.80 Å². The summed E-state index contributed by atoms with van der Waals surface area (Å²) in [4.78, 5) is 40.7. The van der Waals surface area contributed by atoms with Crippen LogP contribution in [0.5, 0.6) is 0 Å². The molecule has 0 aliphatic carbocycles. The SMILES string of the molecule is CC(OCc1ccccc1)C(C(=O)OCc1ccccc1)N1C[C@@]2(CCCN2C(=O)O)C1=O. The Morgan fingerprint density at radius 2 is 1.64 bits per heavy atom. The number of β-lactam (4-membered cyclic amide) rings is 1. The molecule has 4 rings (SSSR count). The molecule has 33 heavy (non-hydrogen) atoms. The number of hydrogen-bond donors (Lipinski definition) is 1. The number of ether oxygens (including phenoxy) is 2. The molecule has 0 aromatic heterocycles. The number of carbonyl (C=O) groups excluding carboxylic acids is 2. The summed E-state index contributed by atoms with van der Waals surface area (Å²) in [7, 11) is 0. The summed E-state index contributed by atoms with van der Waals surface area (Å²) in [6.07, 6.45) is -0.680. The van der Waals surface area contributed by atoms with Crippen molar-refractivity contribution in [3.63, 3.8) is 0 Å². The zero-order valence-electron chi connectivity index (χ0n) is 18.6. The van der Waals surface area contributed by atoms with E-state index in [9.17, 15) is 19.5 Å². The molecule has 2 heterocycles. The number of benzene rings is 2. The lowest BCUT2D eigenvalue weighted by Crippen LogP contribution is -2.76. The summed E-state index contributed by atoms with van der Waals surface area (Å²) in [6, 6.07) is 17.9. The van der Waals surface area contributed by atoms with Gasteiger partial charge in [0.15, 0.2) is 6.04 Å². The Kier molecular flexibility index (Phi) is 6.65. The van der Waals surface area contributed by atoms with E-state index in [1.165, 1.54) is 9.80 Å². The van der Waals surface area contributed by atoms with E-state index in [2.05, 4.69) is 0 Å². The second-order valence-electron chi connectivity index (χ2n) is 8.54. The maximum absolute atomic E-state index is 13.3. The summed E-state index contributed by atoms with van der Waals surface area (Å²) < 4.78 is 11.5. The van der Waals surface area contributed by atoms with Crippen molar-refractivity contribution in [3.8, 4) is 0 Å². The van der Waals surface area contributed by atoms with Crippen molar-refractivity contribution >= 4 is 18.0 Å². The second kappa shape index (κ2) is 9.62. The predicted octanol–water partition coefficient (Wildman–Crippen LogP) is 3.06. The van der Waals surface area contributed by atoms with Crippen LogP contribution in [0.3, 0.4) is 0 Å². The molecule has 2 amide bonds. The average molecular weight is 453 g/mol. The number of carboxylic acid groups (broad SMARTS) is 1. The Labute approximate surface area is 192 Å². The molecule has 2 aromatic rings. The normalized spacial score (nSPS) is 21.5. The van der Waals surface area contributed by atoms with Crippen LogP contribution in [0.15, 0.2) is 60.7 Å². The molecule has 2 aromatic carbocycles. The van der Waals surface area contributed by atoms with E-state index in [0.29, 0.717) is 19.4 Å². The third-order valence-corrected chi connectivity index (χ3v) is 6.41. The Morgan fingerprint density at radius 3 is 2.21 bits per heavy atom. The van der Waals surface area contributed by atoms with Gasteiger partial charge in [-0.15, -0.1) is 0 Å². The van der Waals surface area contributed by atoms with Crippen LogP contribution in [0.1, 0.15) is 30.9 Å². The minimum atomic E-state index is -1.11. The lowest BCUT2D eigenvalue weighted by atomic mass is 9.83. The Balaban J connectivity index is 1.49. The minimum Gasteiger partial charge on any atom is -0.465 e. The minimum absolute atomic E-state index is 0.0794. The fourth-order valence-corrected chi connectivity index (χ4v) is 4.65.